The Labute approximate surface area is 135 Å². The highest BCUT2D eigenvalue weighted by Gasteiger charge is 2.37. The van der Waals surface area contributed by atoms with Gasteiger partial charge in [-0.1, -0.05) is 0 Å². The summed E-state index contributed by atoms with van der Waals surface area (Å²) >= 11 is 0. The van der Waals surface area contributed by atoms with E-state index in [2.05, 4.69) is 9.15 Å². The quantitative estimate of drug-likeness (QED) is 0.822. The van der Waals surface area contributed by atoms with Crippen LogP contribution in [0.15, 0.2) is 21.3 Å². The van der Waals surface area contributed by atoms with E-state index in [0.717, 1.165) is 17.0 Å². The van der Waals surface area contributed by atoms with E-state index in [1.807, 2.05) is 0 Å². The first-order chi connectivity index (χ1) is 11.6. The number of halogens is 4. The second-order valence-electron chi connectivity index (χ2n) is 5.23. The number of nitrogens with two attached hydrogens (primary N) is 1. The number of alkyl halides is 3. The highest BCUT2D eigenvalue weighted by Crippen LogP contribution is 2.29. The first kappa shape index (κ1) is 16.8. The van der Waals surface area contributed by atoms with Crippen LogP contribution < -0.4 is 16.4 Å². The zero-order valence-corrected chi connectivity index (χ0v) is 12.2. The minimum atomic E-state index is -4.76. The Balaban J connectivity index is 2.05. The molecule has 1 saturated heterocycles. The van der Waals surface area contributed by atoms with E-state index >= 15 is 0 Å². The summed E-state index contributed by atoms with van der Waals surface area (Å²) in [7, 11) is 0. The number of nitrogens with zero attached hydrogens (tertiary/aromatic N) is 2. The van der Waals surface area contributed by atoms with Gasteiger partial charge in [0.1, 0.15) is 12.1 Å². The molecule has 1 aliphatic heterocycles. The standard InChI is InChI=1S/C13H9F4N3O5/c14-6-1-5(19-3-8(10(18)21)25-11(19)22)2-7-9(6)20(12(23)24-7)4-13(15,16)17/h1-2,8H,3-4H2,(H2,18,21)/t8-/m1/s1. The van der Waals surface area contributed by atoms with E-state index < -0.39 is 53.5 Å². The van der Waals surface area contributed by atoms with Crippen molar-refractivity contribution >= 4 is 28.8 Å². The molecule has 2 aromatic rings. The van der Waals surface area contributed by atoms with Crippen molar-refractivity contribution in [2.24, 2.45) is 5.73 Å². The third-order valence-electron chi connectivity index (χ3n) is 3.48. The number of hydrogen-bond donors (Lipinski definition) is 1. The van der Waals surface area contributed by atoms with Crippen molar-refractivity contribution in [3.05, 3.63) is 28.5 Å². The van der Waals surface area contributed by atoms with E-state index in [-0.39, 0.29) is 16.8 Å². The molecule has 134 valence electrons. The summed E-state index contributed by atoms with van der Waals surface area (Å²) in [6, 6.07) is 1.73. The van der Waals surface area contributed by atoms with Gasteiger partial charge in [0.2, 0.25) is 0 Å². The molecule has 0 saturated carbocycles. The zero-order valence-electron chi connectivity index (χ0n) is 12.2. The molecule has 0 unspecified atom stereocenters. The molecule has 1 atom stereocenters. The molecule has 0 bridgehead atoms. The molecular weight excluding hydrogens is 354 g/mol. The summed E-state index contributed by atoms with van der Waals surface area (Å²) in [5.74, 6) is -3.53. The Bertz CT molecular complexity index is 932. The van der Waals surface area contributed by atoms with Gasteiger partial charge in [0.05, 0.1) is 12.2 Å². The lowest BCUT2D eigenvalue weighted by Crippen LogP contribution is -2.32. The monoisotopic (exact) mass is 363 g/mol. The maximum absolute atomic E-state index is 14.3. The Kier molecular flexibility index (Phi) is 3.69. The van der Waals surface area contributed by atoms with E-state index in [4.69, 9.17) is 5.73 Å². The number of cyclic esters (lactones) is 1. The number of carbonyl (C=O) groups is 2. The summed E-state index contributed by atoms with van der Waals surface area (Å²) < 4.78 is 61.2. The lowest BCUT2D eigenvalue weighted by molar-refractivity contribution is -0.140. The number of anilines is 1. The average Bonchev–Trinajstić information content (AvgIpc) is 2.99. The second kappa shape index (κ2) is 5.50. The third-order valence-corrected chi connectivity index (χ3v) is 3.48. The minimum Gasteiger partial charge on any atom is -0.434 e. The predicted molar refractivity (Wildman–Crippen MR) is 73.3 cm³/mol. The molecule has 12 heteroatoms. The van der Waals surface area contributed by atoms with Crippen LogP contribution in [-0.2, 0) is 16.1 Å². The Morgan fingerprint density at radius 2 is 2.00 bits per heavy atom. The average molecular weight is 363 g/mol. The van der Waals surface area contributed by atoms with Gasteiger partial charge in [-0.3, -0.25) is 14.3 Å². The predicted octanol–water partition coefficient (Wildman–Crippen LogP) is 1.11. The van der Waals surface area contributed by atoms with E-state index in [1.54, 1.807) is 0 Å². The molecule has 0 aliphatic carbocycles. The Morgan fingerprint density at radius 3 is 2.56 bits per heavy atom. The fraction of sp³-hybridized carbons (Fsp3) is 0.308. The third kappa shape index (κ3) is 3.02. The number of benzene rings is 1. The minimum absolute atomic E-state index is 0.100. The van der Waals surface area contributed by atoms with Gasteiger partial charge in [-0.2, -0.15) is 13.2 Å². The van der Waals surface area contributed by atoms with Crippen molar-refractivity contribution in [1.82, 2.24) is 4.57 Å². The summed E-state index contributed by atoms with van der Waals surface area (Å²) in [6.07, 6.45) is -7.02. The fourth-order valence-corrected chi connectivity index (χ4v) is 2.44. The Morgan fingerprint density at radius 1 is 1.32 bits per heavy atom. The van der Waals surface area contributed by atoms with Gasteiger partial charge in [0.15, 0.2) is 17.5 Å². The topological polar surface area (TPSA) is 108 Å². The molecular formula is C13H9F4N3O5. The molecule has 1 aromatic carbocycles. The molecule has 2 heterocycles. The van der Waals surface area contributed by atoms with E-state index in [0.29, 0.717) is 0 Å². The van der Waals surface area contributed by atoms with Crippen LogP contribution >= 0.6 is 0 Å². The van der Waals surface area contributed by atoms with Gasteiger partial charge >= 0.3 is 18.0 Å². The molecule has 1 aliphatic rings. The number of fused-ring (bicyclic) bond motifs is 1. The van der Waals surface area contributed by atoms with Crippen molar-refractivity contribution in [3.63, 3.8) is 0 Å². The Hall–Kier alpha value is -3.05. The van der Waals surface area contributed by atoms with Gasteiger partial charge in [-0.25, -0.2) is 14.0 Å². The molecule has 8 nitrogen and oxygen atoms in total. The maximum Gasteiger partial charge on any atom is 0.420 e. The van der Waals surface area contributed by atoms with Crippen molar-refractivity contribution in [2.45, 2.75) is 18.8 Å². The first-order valence-corrected chi connectivity index (χ1v) is 6.74. The maximum atomic E-state index is 14.3. The van der Waals surface area contributed by atoms with Crippen LogP contribution in [0.4, 0.5) is 28.0 Å². The molecule has 3 rings (SSSR count). The van der Waals surface area contributed by atoms with Gasteiger partial charge in [0.25, 0.3) is 5.91 Å². The van der Waals surface area contributed by atoms with Crippen molar-refractivity contribution < 1.29 is 36.3 Å². The summed E-state index contributed by atoms with van der Waals surface area (Å²) in [5, 5.41) is 0. The largest absolute Gasteiger partial charge is 0.434 e. The zero-order chi connectivity index (χ0) is 18.5. The number of oxazole rings is 1. The van der Waals surface area contributed by atoms with Crippen molar-refractivity contribution in [1.29, 1.82) is 0 Å². The number of hydrogen-bond acceptors (Lipinski definition) is 5. The molecule has 25 heavy (non-hydrogen) atoms. The highest BCUT2D eigenvalue weighted by atomic mass is 19.4. The number of amides is 2. The van der Waals surface area contributed by atoms with E-state index in [9.17, 15) is 31.9 Å². The molecule has 1 aromatic heterocycles. The summed E-state index contributed by atoms with van der Waals surface area (Å²) in [5.41, 5.74) is 3.68. The number of aromatic nitrogens is 1. The normalized spacial score (nSPS) is 18.0. The van der Waals surface area contributed by atoms with Gasteiger partial charge in [-0.05, 0) is 0 Å². The molecule has 1 fully saturated rings. The van der Waals surface area contributed by atoms with Gasteiger partial charge in [-0.15, -0.1) is 0 Å². The van der Waals surface area contributed by atoms with Crippen LogP contribution in [-0.4, -0.2) is 35.4 Å². The molecule has 0 radical (unpaired) electrons. The van der Waals surface area contributed by atoms with Crippen LogP contribution in [0.25, 0.3) is 11.1 Å². The highest BCUT2D eigenvalue weighted by molar-refractivity contribution is 5.96. The summed E-state index contributed by atoms with van der Waals surface area (Å²) in [6.45, 7) is -2.04. The van der Waals surface area contributed by atoms with Gasteiger partial charge in [0, 0.05) is 12.1 Å². The lowest BCUT2D eigenvalue weighted by atomic mass is 10.2. The van der Waals surface area contributed by atoms with Crippen LogP contribution in [0.1, 0.15) is 0 Å². The molecule has 2 amide bonds. The first-order valence-electron chi connectivity index (χ1n) is 6.74. The second-order valence-corrected chi connectivity index (χ2v) is 5.23. The SMILES string of the molecule is NC(=O)[C@H]1CN(c2cc(F)c3c(c2)oc(=O)n3CC(F)(F)F)C(=O)O1. The fourth-order valence-electron chi connectivity index (χ4n) is 2.44. The number of carbonyl (C=O) groups excluding carboxylic acids is 2. The van der Waals surface area contributed by atoms with Crippen LogP contribution in [0.5, 0.6) is 0 Å². The number of ether oxygens (including phenoxy) is 1. The number of primary amides is 1. The van der Waals surface area contributed by atoms with Gasteiger partial charge < -0.3 is 14.9 Å². The molecule has 2 N–H and O–H groups in total. The van der Waals surface area contributed by atoms with Crippen molar-refractivity contribution in [2.75, 3.05) is 11.4 Å². The lowest BCUT2D eigenvalue weighted by Gasteiger charge is -2.13. The van der Waals surface area contributed by atoms with Crippen LogP contribution in [0.3, 0.4) is 0 Å². The van der Waals surface area contributed by atoms with Crippen LogP contribution in [0.2, 0.25) is 0 Å². The smallest absolute Gasteiger partial charge is 0.420 e. The van der Waals surface area contributed by atoms with Crippen LogP contribution in [0, 0.1) is 5.82 Å². The van der Waals surface area contributed by atoms with E-state index in [1.165, 1.54) is 0 Å². The van der Waals surface area contributed by atoms with Crippen molar-refractivity contribution in [3.8, 4) is 0 Å². The molecule has 0 spiro atoms. The summed E-state index contributed by atoms with van der Waals surface area (Å²) in [4.78, 5) is 35.2. The number of rotatable bonds is 3.